The van der Waals surface area contributed by atoms with Crippen LogP contribution in [0.25, 0.3) is 0 Å². The zero-order chi connectivity index (χ0) is 13.1. The van der Waals surface area contributed by atoms with Gasteiger partial charge < -0.3 is 4.74 Å². The van der Waals surface area contributed by atoms with Crippen LogP contribution in [0.3, 0.4) is 0 Å². The maximum Gasteiger partial charge on any atom is 0.269 e. The van der Waals surface area contributed by atoms with Crippen LogP contribution >= 0.6 is 27.3 Å². The van der Waals surface area contributed by atoms with Gasteiger partial charge >= 0.3 is 0 Å². The van der Waals surface area contributed by atoms with Crippen LogP contribution in [0.1, 0.15) is 10.4 Å². The van der Waals surface area contributed by atoms with E-state index in [0.29, 0.717) is 12.4 Å². The van der Waals surface area contributed by atoms with E-state index in [1.807, 2.05) is 11.4 Å². The highest BCUT2D eigenvalue weighted by Gasteiger charge is 2.09. The molecule has 0 aliphatic rings. The van der Waals surface area contributed by atoms with Gasteiger partial charge in [-0.1, -0.05) is 0 Å². The third-order valence-electron chi connectivity index (χ3n) is 2.36. The van der Waals surface area contributed by atoms with Gasteiger partial charge in [-0.15, -0.1) is 11.3 Å². The minimum absolute atomic E-state index is 0.0821. The highest BCUT2D eigenvalue weighted by molar-refractivity contribution is 9.10. The minimum Gasteiger partial charge on any atom is -0.488 e. The third kappa shape index (κ3) is 3.08. The predicted molar refractivity (Wildman–Crippen MR) is 74.2 cm³/mol. The second kappa shape index (κ2) is 5.49. The number of hydrogen-bond donors (Lipinski definition) is 0. The Balaban J connectivity index is 2.08. The monoisotopic (exact) mass is 327 g/mol. The van der Waals surface area contributed by atoms with Crippen molar-refractivity contribution < 1.29 is 9.66 Å². The second-order valence-corrected chi connectivity index (χ2v) is 5.64. The number of nitrogens with zero attached hydrogens (tertiary/aromatic N) is 1. The molecule has 2 aromatic rings. The van der Waals surface area contributed by atoms with Crippen molar-refractivity contribution in [3.63, 3.8) is 0 Å². The number of thiophene rings is 1. The van der Waals surface area contributed by atoms with Crippen LogP contribution in [-0.2, 0) is 6.61 Å². The molecule has 0 amide bonds. The number of ether oxygens (including phenoxy) is 1. The van der Waals surface area contributed by atoms with Crippen LogP contribution in [0.15, 0.2) is 34.1 Å². The fourth-order valence-corrected chi connectivity index (χ4v) is 2.85. The molecule has 0 saturated heterocycles. The fourth-order valence-electron chi connectivity index (χ4n) is 1.49. The van der Waals surface area contributed by atoms with Crippen LogP contribution in [0.5, 0.6) is 5.75 Å². The Hall–Kier alpha value is -1.40. The van der Waals surface area contributed by atoms with Crippen molar-refractivity contribution in [2.75, 3.05) is 0 Å². The molecule has 1 heterocycles. The molecule has 1 aromatic heterocycles. The zero-order valence-electron chi connectivity index (χ0n) is 9.55. The maximum atomic E-state index is 10.6. The predicted octanol–water partition coefficient (Wildman–Crippen LogP) is 4.31. The average Bonchev–Trinajstić information content (AvgIpc) is 2.73. The van der Waals surface area contributed by atoms with Crippen LogP contribution in [0, 0.1) is 17.0 Å². The lowest BCUT2D eigenvalue weighted by Gasteiger charge is -2.07. The summed E-state index contributed by atoms with van der Waals surface area (Å²) in [6, 6.07) is 6.59. The van der Waals surface area contributed by atoms with Crippen molar-refractivity contribution in [1.82, 2.24) is 0 Å². The molecule has 0 aliphatic carbocycles. The molecular weight excluding hydrogens is 318 g/mol. The van der Waals surface area contributed by atoms with Crippen LogP contribution < -0.4 is 4.74 Å². The lowest BCUT2D eigenvalue weighted by Crippen LogP contribution is -1.96. The van der Waals surface area contributed by atoms with Gasteiger partial charge in [-0.25, -0.2) is 0 Å². The number of nitro groups is 1. The molecule has 0 spiro atoms. The Bertz CT molecular complexity index is 582. The number of rotatable bonds is 4. The summed E-state index contributed by atoms with van der Waals surface area (Å²) in [5.74, 6) is 0.671. The average molecular weight is 328 g/mol. The van der Waals surface area contributed by atoms with Crippen molar-refractivity contribution in [3.05, 3.63) is 54.7 Å². The summed E-state index contributed by atoms with van der Waals surface area (Å²) in [5.41, 5.74) is 0.846. The van der Waals surface area contributed by atoms with Crippen molar-refractivity contribution >= 4 is 33.0 Å². The number of halogens is 1. The minimum atomic E-state index is -0.410. The van der Waals surface area contributed by atoms with Gasteiger partial charge in [0.25, 0.3) is 5.69 Å². The van der Waals surface area contributed by atoms with Crippen molar-refractivity contribution in [2.45, 2.75) is 13.5 Å². The maximum absolute atomic E-state index is 10.6. The molecule has 0 unspecified atom stereocenters. The third-order valence-corrected chi connectivity index (χ3v) is 4.03. The fraction of sp³-hybridized carbons (Fsp3) is 0.167. The Morgan fingerprint density at radius 3 is 2.78 bits per heavy atom. The van der Waals surface area contributed by atoms with Crippen LogP contribution in [-0.4, -0.2) is 4.92 Å². The van der Waals surface area contributed by atoms with E-state index in [2.05, 4.69) is 15.9 Å². The number of hydrogen-bond acceptors (Lipinski definition) is 4. The van der Waals surface area contributed by atoms with Crippen molar-refractivity contribution in [2.24, 2.45) is 0 Å². The molecule has 6 heteroatoms. The molecule has 2 rings (SSSR count). The number of non-ortho nitro benzene ring substituents is 1. The van der Waals surface area contributed by atoms with E-state index >= 15 is 0 Å². The molecule has 0 N–H and O–H groups in total. The first-order valence-corrected chi connectivity index (χ1v) is 6.84. The Morgan fingerprint density at radius 2 is 2.22 bits per heavy atom. The molecule has 0 bridgehead atoms. The van der Waals surface area contributed by atoms with Gasteiger partial charge in [-0.05, 0) is 40.5 Å². The SMILES string of the molecule is Cc1cc([N+](=O)[O-])ccc1OCc1cc(Br)cs1. The quantitative estimate of drug-likeness (QED) is 0.621. The molecule has 0 aliphatic heterocycles. The van der Waals surface area contributed by atoms with E-state index < -0.39 is 4.92 Å². The highest BCUT2D eigenvalue weighted by Crippen LogP contribution is 2.26. The molecule has 0 radical (unpaired) electrons. The molecule has 4 nitrogen and oxygen atoms in total. The van der Waals surface area contributed by atoms with Gasteiger partial charge in [0, 0.05) is 26.9 Å². The van der Waals surface area contributed by atoms with Crippen LogP contribution in [0.4, 0.5) is 5.69 Å². The lowest BCUT2D eigenvalue weighted by atomic mass is 10.2. The summed E-state index contributed by atoms with van der Waals surface area (Å²) in [5, 5.41) is 12.6. The first kappa shape index (κ1) is 13.0. The summed E-state index contributed by atoms with van der Waals surface area (Å²) in [6.07, 6.45) is 0. The van der Waals surface area contributed by atoms with Gasteiger partial charge in [0.2, 0.25) is 0 Å². The van der Waals surface area contributed by atoms with E-state index in [4.69, 9.17) is 4.74 Å². The molecule has 18 heavy (non-hydrogen) atoms. The Kier molecular flexibility index (Phi) is 3.98. The summed E-state index contributed by atoms with van der Waals surface area (Å²) in [4.78, 5) is 11.3. The lowest BCUT2D eigenvalue weighted by molar-refractivity contribution is -0.384. The molecule has 0 saturated carbocycles. The number of benzene rings is 1. The standard InChI is InChI=1S/C12H10BrNO3S/c1-8-4-10(14(15)16)2-3-12(8)17-6-11-5-9(13)7-18-11/h2-5,7H,6H2,1H3. The van der Waals surface area contributed by atoms with E-state index in [1.165, 1.54) is 12.1 Å². The summed E-state index contributed by atoms with van der Waals surface area (Å²) in [7, 11) is 0. The van der Waals surface area contributed by atoms with E-state index in [-0.39, 0.29) is 5.69 Å². The summed E-state index contributed by atoms with van der Waals surface area (Å²) in [6.45, 7) is 2.27. The van der Waals surface area contributed by atoms with E-state index in [0.717, 1.165) is 14.9 Å². The van der Waals surface area contributed by atoms with Gasteiger partial charge in [-0.3, -0.25) is 10.1 Å². The molecule has 0 atom stereocenters. The van der Waals surface area contributed by atoms with Crippen molar-refractivity contribution in [1.29, 1.82) is 0 Å². The van der Waals surface area contributed by atoms with Crippen LogP contribution in [0.2, 0.25) is 0 Å². The topological polar surface area (TPSA) is 52.4 Å². The van der Waals surface area contributed by atoms with E-state index in [9.17, 15) is 10.1 Å². The summed E-state index contributed by atoms with van der Waals surface area (Å²) >= 11 is 4.98. The highest BCUT2D eigenvalue weighted by atomic mass is 79.9. The van der Waals surface area contributed by atoms with Gasteiger partial charge in [-0.2, -0.15) is 0 Å². The number of nitro benzene ring substituents is 1. The van der Waals surface area contributed by atoms with Gasteiger partial charge in [0.15, 0.2) is 0 Å². The van der Waals surface area contributed by atoms with E-state index in [1.54, 1.807) is 24.3 Å². The first-order valence-electron chi connectivity index (χ1n) is 5.17. The molecule has 94 valence electrons. The van der Waals surface area contributed by atoms with Gasteiger partial charge in [0.1, 0.15) is 12.4 Å². The zero-order valence-corrected chi connectivity index (χ0v) is 12.0. The largest absolute Gasteiger partial charge is 0.488 e. The molecular formula is C12H10BrNO3S. The Morgan fingerprint density at radius 1 is 1.44 bits per heavy atom. The second-order valence-electron chi connectivity index (χ2n) is 3.73. The van der Waals surface area contributed by atoms with Gasteiger partial charge in [0.05, 0.1) is 4.92 Å². The van der Waals surface area contributed by atoms with Crippen molar-refractivity contribution in [3.8, 4) is 5.75 Å². The normalized spacial score (nSPS) is 10.3. The Labute approximate surface area is 116 Å². The number of aryl methyl sites for hydroxylation is 1. The smallest absolute Gasteiger partial charge is 0.269 e. The summed E-state index contributed by atoms with van der Waals surface area (Å²) < 4.78 is 6.67. The first-order chi connectivity index (χ1) is 8.56. The molecule has 0 fully saturated rings. The molecule has 1 aromatic carbocycles.